The van der Waals surface area contributed by atoms with Gasteiger partial charge in [-0.3, -0.25) is 4.18 Å². The molecule has 0 saturated heterocycles. The number of ether oxygens (including phenoxy) is 1. The molecule has 0 spiro atoms. The second-order valence-corrected chi connectivity index (χ2v) is 8.37. The van der Waals surface area contributed by atoms with E-state index in [1.807, 2.05) is 13.8 Å². The van der Waals surface area contributed by atoms with E-state index in [1.54, 1.807) is 0 Å². The molecule has 0 amide bonds. The van der Waals surface area contributed by atoms with Crippen LogP contribution in [0.3, 0.4) is 0 Å². The molecule has 0 N–H and O–H groups in total. The maximum Gasteiger partial charge on any atom is 1.00 e. The molecule has 0 aliphatic heterocycles. The molecule has 0 atom stereocenters. The maximum atomic E-state index is 10.2. The molecule has 0 unspecified atom stereocenters. The Balaban J connectivity index is -0.000000997. The molecular formula is C22H47NaO5S. The van der Waals surface area contributed by atoms with Crippen LogP contribution in [0.15, 0.2) is 0 Å². The fourth-order valence-corrected chi connectivity index (χ4v) is 3.34. The third-order valence-corrected chi connectivity index (χ3v) is 5.09. The van der Waals surface area contributed by atoms with E-state index in [1.165, 1.54) is 83.5 Å². The third kappa shape index (κ3) is 39.8. The molecule has 0 radical (unpaired) electrons. The predicted octanol–water partition coefficient (Wildman–Crippen LogP) is 3.77. The van der Waals surface area contributed by atoms with Crippen LogP contribution < -0.4 is 29.6 Å². The van der Waals surface area contributed by atoms with E-state index in [9.17, 15) is 13.0 Å². The summed E-state index contributed by atoms with van der Waals surface area (Å²) < 4.78 is 39.6. The molecule has 0 heterocycles. The molecule has 0 aromatic rings. The van der Waals surface area contributed by atoms with Gasteiger partial charge < -0.3 is 9.29 Å². The van der Waals surface area contributed by atoms with Gasteiger partial charge in [-0.2, -0.15) is 0 Å². The summed E-state index contributed by atoms with van der Waals surface area (Å²) in [6, 6.07) is 0. The zero-order chi connectivity index (χ0) is 21.3. The molecule has 0 saturated carbocycles. The average Bonchev–Trinajstić information content (AvgIpc) is 2.64. The Kier molecular flexibility index (Phi) is 34.2. The Morgan fingerprint density at radius 3 is 1.14 bits per heavy atom. The number of rotatable bonds is 20. The third-order valence-electron chi connectivity index (χ3n) is 4.63. The maximum absolute atomic E-state index is 10.2. The van der Waals surface area contributed by atoms with Crippen LogP contribution in [0.4, 0.5) is 0 Å². The van der Waals surface area contributed by atoms with Crippen molar-refractivity contribution in [2.24, 2.45) is 0 Å². The fraction of sp³-hybridized carbons (Fsp3) is 1.00. The summed E-state index contributed by atoms with van der Waals surface area (Å²) in [6.07, 6.45) is 20.3. The molecule has 0 aliphatic carbocycles. The molecule has 5 nitrogen and oxygen atoms in total. The Labute approximate surface area is 204 Å². The molecule has 0 rings (SSSR count). The first kappa shape index (κ1) is 34.4. The molecular weight excluding hydrogens is 399 g/mol. The van der Waals surface area contributed by atoms with Gasteiger partial charge in [0.2, 0.25) is 10.4 Å². The Bertz CT molecular complexity index is 375. The molecule has 29 heavy (non-hydrogen) atoms. The summed E-state index contributed by atoms with van der Waals surface area (Å²) in [4.78, 5) is 0. The molecule has 7 heteroatoms. The van der Waals surface area contributed by atoms with Crippen LogP contribution in [-0.4, -0.2) is 32.8 Å². The van der Waals surface area contributed by atoms with E-state index in [2.05, 4.69) is 11.1 Å². The van der Waals surface area contributed by atoms with Crippen molar-refractivity contribution in [3.63, 3.8) is 0 Å². The second kappa shape index (κ2) is 28.8. The number of hydrogen-bond acceptors (Lipinski definition) is 5. The van der Waals surface area contributed by atoms with E-state index in [-0.39, 0.29) is 36.2 Å². The van der Waals surface area contributed by atoms with Crippen LogP contribution in [0.5, 0.6) is 0 Å². The van der Waals surface area contributed by atoms with Gasteiger partial charge in [0.1, 0.15) is 0 Å². The topological polar surface area (TPSA) is 75.7 Å². The van der Waals surface area contributed by atoms with E-state index < -0.39 is 10.4 Å². The van der Waals surface area contributed by atoms with Gasteiger partial charge in [-0.1, -0.05) is 103 Å². The first-order valence-corrected chi connectivity index (χ1v) is 13.0. The predicted molar refractivity (Wildman–Crippen MR) is 117 cm³/mol. The Morgan fingerprint density at radius 1 is 0.586 bits per heavy atom. The summed E-state index contributed by atoms with van der Waals surface area (Å²) in [5.74, 6) is 0. The van der Waals surface area contributed by atoms with Crippen molar-refractivity contribution in [1.82, 2.24) is 0 Å². The van der Waals surface area contributed by atoms with Gasteiger partial charge in [-0.05, 0) is 20.3 Å². The smallest absolute Gasteiger partial charge is 0.726 e. The standard InChI is InChI=1S/C18H38O4S.C4H10O.Na/c1-2-3-4-5-6-7-8-9-10-11-12-13-14-15-16-17-18-22-23(19,20)21;1-3-5-4-2;/h2-18H2,1H3,(H,19,20,21);3-4H2,1-2H3;/q;;+1/p-1. The molecule has 0 aliphatic rings. The number of unbranched alkanes of at least 4 members (excludes halogenated alkanes) is 15. The van der Waals surface area contributed by atoms with Gasteiger partial charge in [-0.25, -0.2) is 8.42 Å². The van der Waals surface area contributed by atoms with Crippen molar-refractivity contribution >= 4 is 10.4 Å². The normalized spacial score (nSPS) is 10.9. The quantitative estimate of drug-likeness (QED) is 0.123. The first-order chi connectivity index (χ1) is 13.5. The molecule has 0 aromatic heterocycles. The molecule has 0 bridgehead atoms. The van der Waals surface area contributed by atoms with Crippen molar-refractivity contribution < 1.29 is 51.4 Å². The second-order valence-electron chi connectivity index (χ2n) is 7.31. The summed E-state index contributed by atoms with van der Waals surface area (Å²) in [6.45, 7) is 7.96. The summed E-state index contributed by atoms with van der Waals surface area (Å²) in [5, 5.41) is 0. The van der Waals surface area contributed by atoms with Gasteiger partial charge in [0.25, 0.3) is 0 Å². The largest absolute Gasteiger partial charge is 1.00 e. The van der Waals surface area contributed by atoms with Gasteiger partial charge in [0.05, 0.1) is 6.61 Å². The van der Waals surface area contributed by atoms with Crippen LogP contribution in [0.2, 0.25) is 0 Å². The molecule has 0 aromatic carbocycles. The molecule has 0 fully saturated rings. The Hall–Kier alpha value is 0.830. The molecule has 172 valence electrons. The summed E-state index contributed by atoms with van der Waals surface area (Å²) >= 11 is 0. The zero-order valence-electron chi connectivity index (χ0n) is 19.9. The Morgan fingerprint density at radius 2 is 0.897 bits per heavy atom. The first-order valence-electron chi connectivity index (χ1n) is 11.7. The van der Waals surface area contributed by atoms with E-state index >= 15 is 0 Å². The van der Waals surface area contributed by atoms with Crippen LogP contribution in [-0.2, 0) is 19.3 Å². The minimum atomic E-state index is -4.49. The van der Waals surface area contributed by atoms with Gasteiger partial charge >= 0.3 is 29.6 Å². The van der Waals surface area contributed by atoms with Crippen LogP contribution >= 0.6 is 0 Å². The van der Waals surface area contributed by atoms with E-state index in [0.29, 0.717) is 6.42 Å². The monoisotopic (exact) mass is 446 g/mol. The summed E-state index contributed by atoms with van der Waals surface area (Å²) in [5.41, 5.74) is 0. The zero-order valence-corrected chi connectivity index (χ0v) is 22.7. The van der Waals surface area contributed by atoms with Crippen molar-refractivity contribution in [3.8, 4) is 0 Å². The van der Waals surface area contributed by atoms with E-state index in [0.717, 1.165) is 26.1 Å². The number of hydrogen-bond donors (Lipinski definition) is 0. The van der Waals surface area contributed by atoms with Crippen molar-refractivity contribution in [3.05, 3.63) is 0 Å². The van der Waals surface area contributed by atoms with Gasteiger partial charge in [-0.15, -0.1) is 0 Å². The van der Waals surface area contributed by atoms with Crippen molar-refractivity contribution in [2.45, 2.75) is 124 Å². The van der Waals surface area contributed by atoms with Crippen molar-refractivity contribution in [2.75, 3.05) is 19.8 Å². The fourth-order valence-electron chi connectivity index (χ4n) is 3.02. The van der Waals surface area contributed by atoms with Gasteiger partial charge in [0.15, 0.2) is 0 Å². The summed E-state index contributed by atoms with van der Waals surface area (Å²) in [7, 11) is -4.49. The van der Waals surface area contributed by atoms with Crippen LogP contribution in [0, 0.1) is 0 Å². The SMILES string of the molecule is CCCCCCCCCCCCCCCCCCOS(=O)(=O)[O-].CCOCC.[Na+]. The minimum absolute atomic E-state index is 0. The van der Waals surface area contributed by atoms with Crippen molar-refractivity contribution in [1.29, 1.82) is 0 Å². The van der Waals surface area contributed by atoms with Crippen LogP contribution in [0.25, 0.3) is 0 Å². The average molecular weight is 447 g/mol. The van der Waals surface area contributed by atoms with Gasteiger partial charge in [0, 0.05) is 13.2 Å². The van der Waals surface area contributed by atoms with E-state index in [4.69, 9.17) is 4.74 Å². The minimum Gasteiger partial charge on any atom is -0.726 e. The van der Waals surface area contributed by atoms with Crippen LogP contribution in [0.1, 0.15) is 124 Å².